The van der Waals surface area contributed by atoms with Gasteiger partial charge in [-0.3, -0.25) is 9.59 Å². The first-order valence-electron chi connectivity index (χ1n) is 9.37. The van der Waals surface area contributed by atoms with Gasteiger partial charge in [-0.2, -0.15) is 4.31 Å². The average Bonchev–Trinajstić information content (AvgIpc) is 2.68. The topological polar surface area (TPSA) is 95.0 Å². The molecule has 0 spiro atoms. The first-order chi connectivity index (χ1) is 12.8. The fourth-order valence-electron chi connectivity index (χ4n) is 3.86. The fraction of sp³-hybridized carbons (Fsp3) is 0.579. The molecule has 0 aromatic heterocycles. The summed E-state index contributed by atoms with van der Waals surface area (Å²) in [6.07, 6.45) is 2.50. The molecule has 1 N–H and O–H groups in total. The van der Waals surface area contributed by atoms with E-state index in [1.54, 1.807) is 29.2 Å². The normalized spacial score (nSPS) is 24.6. The molecule has 2 aliphatic heterocycles. The van der Waals surface area contributed by atoms with E-state index in [4.69, 9.17) is 0 Å². The van der Waals surface area contributed by atoms with Gasteiger partial charge in [0.2, 0.25) is 15.9 Å². The van der Waals surface area contributed by atoms with Gasteiger partial charge in [0.05, 0.1) is 16.7 Å². The smallest absolute Gasteiger partial charge is 0.308 e. The largest absolute Gasteiger partial charge is 0.481 e. The van der Waals surface area contributed by atoms with E-state index < -0.39 is 27.8 Å². The molecule has 2 aliphatic rings. The van der Waals surface area contributed by atoms with Crippen molar-refractivity contribution in [1.29, 1.82) is 0 Å². The Kier molecular flexibility index (Phi) is 5.86. The van der Waals surface area contributed by atoms with Crippen molar-refractivity contribution >= 4 is 21.9 Å². The number of likely N-dealkylation sites (tertiary alicyclic amines) is 1. The second-order valence-corrected chi connectivity index (χ2v) is 9.41. The summed E-state index contributed by atoms with van der Waals surface area (Å²) >= 11 is 0. The summed E-state index contributed by atoms with van der Waals surface area (Å²) < 4.78 is 27.2. The number of aliphatic carboxylic acids is 1. The van der Waals surface area contributed by atoms with E-state index in [9.17, 15) is 23.1 Å². The lowest BCUT2D eigenvalue weighted by Crippen LogP contribution is -2.49. The third-order valence-corrected chi connectivity index (χ3v) is 7.35. The van der Waals surface area contributed by atoms with Crippen LogP contribution >= 0.6 is 0 Å². The molecule has 1 aromatic carbocycles. The van der Waals surface area contributed by atoms with Crippen LogP contribution in [-0.4, -0.2) is 60.8 Å². The van der Waals surface area contributed by atoms with Crippen LogP contribution in [0.3, 0.4) is 0 Å². The SMILES string of the molecule is Cc1ccc(S(=O)(=O)N2CCCC(C(=O)N3CCC[C@H](C(=O)O)C3)C2)cc1. The minimum Gasteiger partial charge on any atom is -0.481 e. The van der Waals surface area contributed by atoms with Crippen molar-refractivity contribution < 1.29 is 23.1 Å². The number of nitrogens with zero attached hydrogens (tertiary/aromatic N) is 2. The minimum atomic E-state index is -3.63. The Morgan fingerprint density at radius 1 is 1.00 bits per heavy atom. The number of amides is 1. The molecule has 2 heterocycles. The van der Waals surface area contributed by atoms with Gasteiger partial charge in [-0.05, 0) is 44.7 Å². The van der Waals surface area contributed by atoms with Gasteiger partial charge in [0.15, 0.2) is 0 Å². The van der Waals surface area contributed by atoms with Crippen molar-refractivity contribution in [3.05, 3.63) is 29.8 Å². The molecule has 7 nitrogen and oxygen atoms in total. The van der Waals surface area contributed by atoms with Crippen molar-refractivity contribution in [2.45, 2.75) is 37.5 Å². The number of aryl methyl sites for hydroxylation is 1. The van der Waals surface area contributed by atoms with Crippen molar-refractivity contribution in [2.75, 3.05) is 26.2 Å². The van der Waals surface area contributed by atoms with Crippen molar-refractivity contribution in [2.24, 2.45) is 11.8 Å². The van der Waals surface area contributed by atoms with E-state index in [0.29, 0.717) is 38.8 Å². The molecule has 2 atom stereocenters. The van der Waals surface area contributed by atoms with E-state index >= 15 is 0 Å². The molecule has 1 amide bonds. The summed E-state index contributed by atoms with van der Waals surface area (Å²) in [4.78, 5) is 26.0. The molecule has 2 saturated heterocycles. The zero-order valence-electron chi connectivity index (χ0n) is 15.5. The number of hydrogen-bond acceptors (Lipinski definition) is 4. The Hall–Kier alpha value is -1.93. The number of hydrogen-bond donors (Lipinski definition) is 1. The maximum absolute atomic E-state index is 12.9. The monoisotopic (exact) mass is 394 g/mol. The fourth-order valence-corrected chi connectivity index (χ4v) is 5.38. The van der Waals surface area contributed by atoms with Gasteiger partial charge in [-0.25, -0.2) is 8.42 Å². The van der Waals surface area contributed by atoms with E-state index in [2.05, 4.69) is 0 Å². The van der Waals surface area contributed by atoms with E-state index in [1.807, 2.05) is 6.92 Å². The molecular formula is C19H26N2O5S. The van der Waals surface area contributed by atoms with Gasteiger partial charge in [0.1, 0.15) is 0 Å². The molecule has 1 aromatic rings. The second-order valence-electron chi connectivity index (χ2n) is 7.48. The number of rotatable bonds is 4. The molecule has 2 fully saturated rings. The third kappa shape index (κ3) is 4.32. The maximum atomic E-state index is 12.9. The van der Waals surface area contributed by atoms with Crippen LogP contribution in [0, 0.1) is 18.8 Å². The Balaban J connectivity index is 1.71. The van der Waals surface area contributed by atoms with Crippen LogP contribution in [-0.2, 0) is 19.6 Å². The first kappa shape index (κ1) is 19.8. The van der Waals surface area contributed by atoms with Crippen molar-refractivity contribution in [3.63, 3.8) is 0 Å². The van der Waals surface area contributed by atoms with Crippen LogP contribution in [0.15, 0.2) is 29.2 Å². The summed E-state index contributed by atoms with van der Waals surface area (Å²) in [7, 11) is -3.63. The number of piperidine rings is 2. The van der Waals surface area contributed by atoms with Crippen LogP contribution in [0.4, 0.5) is 0 Å². The zero-order chi connectivity index (χ0) is 19.6. The highest BCUT2D eigenvalue weighted by Gasteiger charge is 2.37. The van der Waals surface area contributed by atoms with E-state index in [1.165, 1.54) is 4.31 Å². The summed E-state index contributed by atoms with van der Waals surface area (Å²) in [5.74, 6) is -1.94. The molecule has 1 unspecified atom stereocenters. The number of carboxylic acids is 1. The number of benzene rings is 1. The van der Waals surface area contributed by atoms with Crippen LogP contribution in [0.5, 0.6) is 0 Å². The number of carbonyl (C=O) groups excluding carboxylic acids is 1. The second kappa shape index (κ2) is 7.98. The Morgan fingerprint density at radius 2 is 1.63 bits per heavy atom. The van der Waals surface area contributed by atoms with Gasteiger partial charge < -0.3 is 10.0 Å². The van der Waals surface area contributed by atoms with Crippen LogP contribution in [0.2, 0.25) is 0 Å². The lowest BCUT2D eigenvalue weighted by atomic mass is 9.94. The van der Waals surface area contributed by atoms with E-state index in [0.717, 1.165) is 5.56 Å². The summed E-state index contributed by atoms with van der Waals surface area (Å²) in [6, 6.07) is 6.72. The molecule has 0 aliphatic carbocycles. The highest BCUT2D eigenvalue weighted by molar-refractivity contribution is 7.89. The summed E-state index contributed by atoms with van der Waals surface area (Å²) in [6.45, 7) is 3.22. The van der Waals surface area contributed by atoms with Crippen LogP contribution < -0.4 is 0 Å². The summed E-state index contributed by atoms with van der Waals surface area (Å²) in [5, 5.41) is 9.22. The van der Waals surface area contributed by atoms with Gasteiger partial charge >= 0.3 is 5.97 Å². The first-order valence-corrected chi connectivity index (χ1v) is 10.8. The predicted molar refractivity (Wildman–Crippen MR) is 99.6 cm³/mol. The number of sulfonamides is 1. The molecule has 0 bridgehead atoms. The van der Waals surface area contributed by atoms with Crippen LogP contribution in [0.25, 0.3) is 0 Å². The Morgan fingerprint density at radius 3 is 2.30 bits per heavy atom. The average molecular weight is 394 g/mol. The molecular weight excluding hydrogens is 368 g/mol. The van der Waals surface area contributed by atoms with Crippen LogP contribution in [0.1, 0.15) is 31.2 Å². The highest BCUT2D eigenvalue weighted by atomic mass is 32.2. The lowest BCUT2D eigenvalue weighted by molar-refractivity contribution is -0.147. The highest BCUT2D eigenvalue weighted by Crippen LogP contribution is 2.27. The van der Waals surface area contributed by atoms with Gasteiger partial charge in [-0.15, -0.1) is 0 Å². The lowest BCUT2D eigenvalue weighted by Gasteiger charge is -2.37. The number of carboxylic acid groups (broad SMARTS) is 1. The maximum Gasteiger partial charge on any atom is 0.308 e. The van der Waals surface area contributed by atoms with E-state index in [-0.39, 0.29) is 23.9 Å². The molecule has 148 valence electrons. The molecule has 27 heavy (non-hydrogen) atoms. The van der Waals surface area contributed by atoms with Gasteiger partial charge in [-0.1, -0.05) is 17.7 Å². The quantitative estimate of drug-likeness (QED) is 0.839. The van der Waals surface area contributed by atoms with Crippen molar-refractivity contribution in [1.82, 2.24) is 9.21 Å². The van der Waals surface area contributed by atoms with Crippen molar-refractivity contribution in [3.8, 4) is 0 Å². The van der Waals surface area contributed by atoms with Gasteiger partial charge in [0.25, 0.3) is 0 Å². The zero-order valence-corrected chi connectivity index (χ0v) is 16.3. The summed E-state index contributed by atoms with van der Waals surface area (Å²) in [5.41, 5.74) is 0.985. The molecule has 0 radical (unpaired) electrons. The minimum absolute atomic E-state index is 0.121. The number of carbonyl (C=O) groups is 2. The standard InChI is InChI=1S/C19H26N2O5S/c1-14-6-8-17(9-7-14)27(25,26)21-11-3-4-15(13-21)18(22)20-10-2-5-16(12-20)19(23)24/h6-9,15-16H,2-5,10-13H2,1H3,(H,23,24)/t15?,16-/m0/s1. The Bertz CT molecular complexity index is 806. The molecule has 8 heteroatoms. The van der Waals surface area contributed by atoms with Gasteiger partial charge in [0, 0.05) is 26.2 Å². The predicted octanol–water partition coefficient (Wildman–Crippen LogP) is 1.72. The molecule has 3 rings (SSSR count). The third-order valence-electron chi connectivity index (χ3n) is 5.47. The molecule has 0 saturated carbocycles. The Labute approximate surface area is 160 Å².